The van der Waals surface area contributed by atoms with E-state index in [2.05, 4.69) is 35.3 Å². The summed E-state index contributed by atoms with van der Waals surface area (Å²) in [5.41, 5.74) is 2.42. The molecular weight excluding hydrogens is 417 g/mol. The van der Waals surface area contributed by atoms with Gasteiger partial charge in [0.2, 0.25) is 0 Å². The molecule has 1 N–H and O–H groups in total. The first-order valence-electron chi connectivity index (χ1n) is 8.36. The Hall–Kier alpha value is -0.860. The van der Waals surface area contributed by atoms with E-state index in [1.54, 1.807) is 14.2 Å². The Kier molecular flexibility index (Phi) is 10.3. The van der Waals surface area contributed by atoms with Gasteiger partial charge in [-0.2, -0.15) is 0 Å². The normalized spacial score (nSPS) is 17.7. The van der Waals surface area contributed by atoms with Gasteiger partial charge in [0.1, 0.15) is 0 Å². The van der Waals surface area contributed by atoms with Crippen LogP contribution in [0.5, 0.6) is 0 Å². The van der Waals surface area contributed by atoms with Gasteiger partial charge in [-0.3, -0.25) is 0 Å². The van der Waals surface area contributed by atoms with E-state index in [9.17, 15) is 0 Å². The van der Waals surface area contributed by atoms with Crippen LogP contribution in [-0.4, -0.2) is 51.3 Å². The zero-order valence-electron chi connectivity index (χ0n) is 15.0. The molecule has 1 aromatic rings. The lowest BCUT2D eigenvalue weighted by Crippen LogP contribution is -2.40. The number of likely N-dealkylation sites (tertiary alicyclic amines) is 1. The molecule has 1 aliphatic rings. The molecule has 0 bridgehead atoms. The SMILES string of the molecule is CCNC(=NCc1ccccc1COC)N1CCC(COC)C1.I. The molecule has 1 fully saturated rings. The predicted molar refractivity (Wildman–Crippen MR) is 109 cm³/mol. The molecule has 6 heteroatoms. The first-order valence-corrected chi connectivity index (χ1v) is 8.36. The largest absolute Gasteiger partial charge is 0.384 e. The lowest BCUT2D eigenvalue weighted by Gasteiger charge is -2.22. The molecule has 2 rings (SSSR count). The number of nitrogens with zero attached hydrogens (tertiary/aromatic N) is 2. The maximum Gasteiger partial charge on any atom is 0.194 e. The van der Waals surface area contributed by atoms with Gasteiger partial charge in [-0.1, -0.05) is 24.3 Å². The lowest BCUT2D eigenvalue weighted by atomic mass is 10.1. The number of aliphatic imine (C=N–C) groups is 1. The van der Waals surface area contributed by atoms with Crippen molar-refractivity contribution in [2.45, 2.75) is 26.5 Å². The third kappa shape index (κ3) is 6.22. The van der Waals surface area contributed by atoms with E-state index in [-0.39, 0.29) is 24.0 Å². The van der Waals surface area contributed by atoms with Gasteiger partial charge in [0.15, 0.2) is 5.96 Å². The fourth-order valence-corrected chi connectivity index (χ4v) is 2.99. The van der Waals surface area contributed by atoms with Crippen molar-refractivity contribution in [2.75, 3.05) is 40.5 Å². The summed E-state index contributed by atoms with van der Waals surface area (Å²) in [7, 11) is 3.50. The number of benzene rings is 1. The fourth-order valence-electron chi connectivity index (χ4n) is 2.99. The molecule has 0 aliphatic carbocycles. The third-order valence-electron chi connectivity index (χ3n) is 4.14. The number of hydrogen-bond donors (Lipinski definition) is 1. The first-order chi connectivity index (χ1) is 11.3. The van der Waals surface area contributed by atoms with Gasteiger partial charge in [0, 0.05) is 39.8 Å². The van der Waals surface area contributed by atoms with Crippen molar-refractivity contribution in [2.24, 2.45) is 10.9 Å². The third-order valence-corrected chi connectivity index (χ3v) is 4.14. The quantitative estimate of drug-likeness (QED) is 0.397. The van der Waals surface area contributed by atoms with Gasteiger partial charge < -0.3 is 19.7 Å². The monoisotopic (exact) mass is 447 g/mol. The molecule has 1 aromatic carbocycles. The van der Waals surface area contributed by atoms with Crippen molar-refractivity contribution >= 4 is 29.9 Å². The van der Waals surface area contributed by atoms with E-state index in [1.807, 2.05) is 6.07 Å². The second-order valence-corrected chi connectivity index (χ2v) is 5.93. The minimum atomic E-state index is 0. The maximum absolute atomic E-state index is 5.28. The molecule has 1 saturated heterocycles. The van der Waals surface area contributed by atoms with Crippen LogP contribution in [0.4, 0.5) is 0 Å². The highest BCUT2D eigenvalue weighted by Gasteiger charge is 2.24. The summed E-state index contributed by atoms with van der Waals surface area (Å²) in [6.07, 6.45) is 1.17. The number of halogens is 1. The van der Waals surface area contributed by atoms with Gasteiger partial charge in [-0.15, -0.1) is 24.0 Å². The van der Waals surface area contributed by atoms with E-state index < -0.39 is 0 Å². The van der Waals surface area contributed by atoms with Crippen molar-refractivity contribution in [1.82, 2.24) is 10.2 Å². The Balaban J connectivity index is 0.00000288. The molecule has 136 valence electrons. The van der Waals surface area contributed by atoms with Crippen molar-refractivity contribution in [3.63, 3.8) is 0 Å². The van der Waals surface area contributed by atoms with Crippen LogP contribution in [0.1, 0.15) is 24.5 Å². The summed E-state index contributed by atoms with van der Waals surface area (Å²) in [6, 6.07) is 8.33. The van der Waals surface area contributed by atoms with Gasteiger partial charge in [0.25, 0.3) is 0 Å². The second-order valence-electron chi connectivity index (χ2n) is 5.93. The molecular formula is C18H30IN3O2. The number of hydrogen-bond acceptors (Lipinski definition) is 3. The second kappa shape index (κ2) is 11.7. The molecule has 1 atom stereocenters. The Morgan fingerprint density at radius 2 is 2.00 bits per heavy atom. The maximum atomic E-state index is 5.28. The van der Waals surface area contributed by atoms with Crippen LogP contribution in [0, 0.1) is 5.92 Å². The number of ether oxygens (including phenoxy) is 2. The van der Waals surface area contributed by atoms with Gasteiger partial charge in [-0.05, 0) is 24.5 Å². The highest BCUT2D eigenvalue weighted by molar-refractivity contribution is 14.0. The lowest BCUT2D eigenvalue weighted by molar-refractivity contribution is 0.157. The Morgan fingerprint density at radius 3 is 2.67 bits per heavy atom. The Labute approximate surface area is 162 Å². The zero-order valence-corrected chi connectivity index (χ0v) is 17.3. The summed E-state index contributed by atoms with van der Waals surface area (Å²) >= 11 is 0. The molecule has 0 aromatic heterocycles. The minimum absolute atomic E-state index is 0. The van der Waals surface area contributed by atoms with E-state index >= 15 is 0 Å². The van der Waals surface area contributed by atoms with Crippen LogP contribution >= 0.6 is 24.0 Å². The highest BCUT2D eigenvalue weighted by Crippen LogP contribution is 2.17. The topological polar surface area (TPSA) is 46.1 Å². The average molecular weight is 447 g/mol. The highest BCUT2D eigenvalue weighted by atomic mass is 127. The number of methoxy groups -OCH3 is 2. The molecule has 0 amide bonds. The van der Waals surface area contributed by atoms with Crippen molar-refractivity contribution in [1.29, 1.82) is 0 Å². The van der Waals surface area contributed by atoms with Crippen LogP contribution < -0.4 is 5.32 Å². The Morgan fingerprint density at radius 1 is 1.25 bits per heavy atom. The fraction of sp³-hybridized carbons (Fsp3) is 0.611. The van der Waals surface area contributed by atoms with Crippen LogP contribution in [0.15, 0.2) is 29.3 Å². The first kappa shape index (κ1) is 21.2. The molecule has 0 saturated carbocycles. The van der Waals surface area contributed by atoms with Gasteiger partial charge in [-0.25, -0.2) is 4.99 Å². The smallest absolute Gasteiger partial charge is 0.194 e. The van der Waals surface area contributed by atoms with Crippen molar-refractivity contribution < 1.29 is 9.47 Å². The molecule has 0 radical (unpaired) electrons. The standard InChI is InChI=1S/C18H29N3O2.HI/c1-4-19-18(21-10-9-15(12-21)13-22-2)20-11-16-7-5-6-8-17(16)14-23-3;/h5-8,15H,4,9-14H2,1-3H3,(H,19,20);1H. The van der Waals surface area contributed by atoms with E-state index in [0.29, 0.717) is 19.1 Å². The summed E-state index contributed by atoms with van der Waals surface area (Å²) < 4.78 is 10.6. The van der Waals surface area contributed by atoms with E-state index in [1.165, 1.54) is 17.5 Å². The number of guanidine groups is 1. The molecule has 24 heavy (non-hydrogen) atoms. The molecule has 1 unspecified atom stereocenters. The van der Waals surface area contributed by atoms with Gasteiger partial charge >= 0.3 is 0 Å². The van der Waals surface area contributed by atoms with E-state index in [4.69, 9.17) is 14.5 Å². The zero-order chi connectivity index (χ0) is 16.5. The minimum Gasteiger partial charge on any atom is -0.384 e. The molecule has 1 aliphatic heterocycles. The number of rotatable bonds is 7. The molecule has 1 heterocycles. The number of nitrogens with one attached hydrogen (secondary N) is 1. The van der Waals surface area contributed by atoms with Crippen LogP contribution in [0.3, 0.4) is 0 Å². The van der Waals surface area contributed by atoms with E-state index in [0.717, 1.165) is 32.2 Å². The van der Waals surface area contributed by atoms with Gasteiger partial charge in [0.05, 0.1) is 19.8 Å². The van der Waals surface area contributed by atoms with Crippen molar-refractivity contribution in [3.8, 4) is 0 Å². The Bertz CT molecular complexity index is 511. The average Bonchev–Trinajstić information content (AvgIpc) is 3.02. The summed E-state index contributed by atoms with van der Waals surface area (Å²) in [4.78, 5) is 7.18. The molecule has 5 nitrogen and oxygen atoms in total. The summed E-state index contributed by atoms with van der Waals surface area (Å²) in [5.74, 6) is 1.60. The van der Waals surface area contributed by atoms with Crippen LogP contribution in [0.2, 0.25) is 0 Å². The van der Waals surface area contributed by atoms with Crippen LogP contribution in [-0.2, 0) is 22.6 Å². The van der Waals surface area contributed by atoms with Crippen molar-refractivity contribution in [3.05, 3.63) is 35.4 Å². The van der Waals surface area contributed by atoms with Crippen LogP contribution in [0.25, 0.3) is 0 Å². The predicted octanol–water partition coefficient (Wildman–Crippen LogP) is 2.88. The molecule has 0 spiro atoms. The summed E-state index contributed by atoms with van der Waals surface area (Å²) in [5, 5.41) is 3.41. The summed E-state index contributed by atoms with van der Waals surface area (Å²) in [6.45, 7) is 7.17.